The second kappa shape index (κ2) is 9.06. The summed E-state index contributed by atoms with van der Waals surface area (Å²) >= 11 is 0. The fraction of sp³-hybridized carbons (Fsp3) is 1.00. The molecule has 0 aromatic heterocycles. The first kappa shape index (κ1) is 15.1. The second-order valence-corrected chi connectivity index (χ2v) is 6.91. The molecule has 0 aliphatic heterocycles. The summed E-state index contributed by atoms with van der Waals surface area (Å²) in [6.45, 7) is 2.48. The lowest BCUT2D eigenvalue weighted by Crippen LogP contribution is -2.08. The van der Waals surface area contributed by atoms with E-state index >= 15 is 0 Å². The molecule has 0 spiro atoms. The van der Waals surface area contributed by atoms with Gasteiger partial charge in [0.15, 0.2) is 0 Å². The van der Waals surface area contributed by atoms with Gasteiger partial charge in [0.2, 0.25) is 0 Å². The van der Waals surface area contributed by atoms with Crippen LogP contribution in [0.15, 0.2) is 0 Å². The van der Waals surface area contributed by atoms with E-state index in [1.54, 1.807) is 0 Å². The maximum atomic E-state index is 2.48. The third kappa shape index (κ3) is 8.74. The topological polar surface area (TPSA) is 0 Å². The zero-order chi connectivity index (χ0) is 12.4. The molecule has 0 radical (unpaired) electrons. The highest BCUT2D eigenvalue weighted by Gasteiger charge is 2.16. The van der Waals surface area contributed by atoms with E-state index in [1.807, 2.05) is 0 Å². The molecule has 1 aliphatic carbocycles. The van der Waals surface area contributed by atoms with Crippen molar-refractivity contribution < 1.29 is 0 Å². The van der Waals surface area contributed by atoms with Gasteiger partial charge in [0.05, 0.1) is 0 Å². The van der Waals surface area contributed by atoms with Crippen molar-refractivity contribution >= 4 is 7.85 Å². The fourth-order valence-corrected chi connectivity index (χ4v) is 3.10. The lowest BCUT2D eigenvalue weighted by atomic mass is 9.64. The molecule has 0 aromatic carbocycles. The minimum Gasteiger partial charge on any atom is -0.0669 e. The highest BCUT2D eigenvalue weighted by molar-refractivity contribution is 6.14. The molecule has 0 bridgehead atoms. The minimum absolute atomic E-state index is 0.611. The Hall–Kier alpha value is 0.0649. The van der Waals surface area contributed by atoms with Crippen molar-refractivity contribution in [1.82, 2.24) is 0 Å². The van der Waals surface area contributed by atoms with E-state index in [-0.39, 0.29) is 0 Å². The highest BCUT2D eigenvalue weighted by Crippen LogP contribution is 2.34. The molecule has 0 heterocycles. The van der Waals surface area contributed by atoms with Crippen LogP contribution in [0.25, 0.3) is 0 Å². The van der Waals surface area contributed by atoms with Crippen molar-refractivity contribution in [3.63, 3.8) is 0 Å². The summed E-state index contributed by atoms with van der Waals surface area (Å²) in [6.07, 6.45) is 20.7. The third-order valence-electron chi connectivity index (χ3n) is 4.46. The number of hydrogen-bond donors (Lipinski definition) is 0. The first-order valence-corrected chi connectivity index (χ1v) is 8.21. The van der Waals surface area contributed by atoms with E-state index in [0.717, 1.165) is 0 Å². The monoisotopic (exact) mass is 236 g/mol. The van der Waals surface area contributed by atoms with Crippen LogP contribution < -0.4 is 0 Å². The van der Waals surface area contributed by atoms with Gasteiger partial charge in [-0.05, 0) is 0 Å². The molecule has 100 valence electrons. The van der Waals surface area contributed by atoms with Gasteiger partial charge in [-0.3, -0.25) is 0 Å². The lowest BCUT2D eigenvalue weighted by molar-refractivity contribution is 0.453. The van der Waals surface area contributed by atoms with E-state index in [1.165, 1.54) is 89.9 Å². The first-order valence-electron chi connectivity index (χ1n) is 8.21. The van der Waals surface area contributed by atoms with Gasteiger partial charge in [-0.15, -0.1) is 0 Å². The number of rotatable bonds is 0. The van der Waals surface area contributed by atoms with E-state index in [2.05, 4.69) is 14.8 Å². The average Bonchev–Trinajstić information content (AvgIpc) is 2.29. The zero-order valence-electron chi connectivity index (χ0n) is 12.4. The molecule has 0 unspecified atom stereocenters. The van der Waals surface area contributed by atoms with Crippen LogP contribution in [-0.4, -0.2) is 7.85 Å². The van der Waals surface area contributed by atoms with Crippen LogP contribution in [-0.2, 0) is 0 Å². The van der Waals surface area contributed by atoms with Crippen LogP contribution in [0.4, 0.5) is 0 Å². The molecule has 0 nitrogen and oxygen atoms in total. The van der Waals surface area contributed by atoms with Crippen molar-refractivity contribution in [2.45, 2.75) is 102 Å². The van der Waals surface area contributed by atoms with Crippen LogP contribution in [0.2, 0.25) is 5.31 Å². The van der Waals surface area contributed by atoms with Crippen LogP contribution in [0.3, 0.4) is 0 Å². The molecule has 1 rings (SSSR count). The van der Waals surface area contributed by atoms with Crippen LogP contribution in [0.5, 0.6) is 0 Å². The van der Waals surface area contributed by atoms with Crippen molar-refractivity contribution in [2.24, 2.45) is 0 Å². The Morgan fingerprint density at radius 3 is 1.06 bits per heavy atom. The van der Waals surface area contributed by atoms with E-state index in [4.69, 9.17) is 0 Å². The molecule has 0 N–H and O–H groups in total. The maximum Gasteiger partial charge on any atom is 0.109 e. The van der Waals surface area contributed by atoms with Crippen molar-refractivity contribution in [3.8, 4) is 0 Å². The van der Waals surface area contributed by atoms with E-state index < -0.39 is 0 Å². The van der Waals surface area contributed by atoms with Gasteiger partial charge >= 0.3 is 0 Å². The van der Waals surface area contributed by atoms with Gasteiger partial charge < -0.3 is 0 Å². The lowest BCUT2D eigenvalue weighted by Gasteiger charge is -2.24. The third-order valence-corrected chi connectivity index (χ3v) is 4.46. The summed E-state index contributed by atoms with van der Waals surface area (Å²) in [7, 11) is 2.48. The SMILES string of the molecule is BC1(C)CCCCCCCCCCCCCC1. The number of hydrogen-bond acceptors (Lipinski definition) is 0. The molecule has 0 aromatic rings. The maximum absolute atomic E-state index is 2.48. The molecule has 1 saturated carbocycles. The Bertz CT molecular complexity index is 156. The van der Waals surface area contributed by atoms with Gasteiger partial charge in [0.1, 0.15) is 7.85 Å². The Balaban J connectivity index is 2.22. The first-order chi connectivity index (χ1) is 8.21. The summed E-state index contributed by atoms with van der Waals surface area (Å²) in [4.78, 5) is 0. The Morgan fingerprint density at radius 2 is 0.765 bits per heavy atom. The van der Waals surface area contributed by atoms with Gasteiger partial charge in [-0.1, -0.05) is 102 Å². The predicted molar refractivity (Wildman–Crippen MR) is 81.5 cm³/mol. The average molecular weight is 236 g/mol. The molecule has 17 heavy (non-hydrogen) atoms. The highest BCUT2D eigenvalue weighted by atomic mass is 14.2. The summed E-state index contributed by atoms with van der Waals surface area (Å²) in [5.41, 5.74) is 0. The van der Waals surface area contributed by atoms with Gasteiger partial charge in [-0.2, -0.15) is 0 Å². The molecular formula is C16H33B. The molecule has 0 atom stereocenters. The summed E-state index contributed by atoms with van der Waals surface area (Å²) in [6, 6.07) is 0. The van der Waals surface area contributed by atoms with Crippen LogP contribution in [0, 0.1) is 0 Å². The quantitative estimate of drug-likeness (QED) is 0.502. The van der Waals surface area contributed by atoms with E-state index in [0.29, 0.717) is 5.31 Å². The van der Waals surface area contributed by atoms with Gasteiger partial charge in [0.25, 0.3) is 0 Å². The minimum atomic E-state index is 0.611. The van der Waals surface area contributed by atoms with Crippen molar-refractivity contribution in [2.75, 3.05) is 0 Å². The van der Waals surface area contributed by atoms with Crippen molar-refractivity contribution in [3.05, 3.63) is 0 Å². The largest absolute Gasteiger partial charge is 0.109 e. The van der Waals surface area contributed by atoms with E-state index in [9.17, 15) is 0 Å². The molecular weight excluding hydrogens is 203 g/mol. The standard InChI is InChI=1S/C16H33B/c1-16(17)14-12-10-8-6-4-2-3-5-7-9-11-13-15-16/h2-15,17H2,1H3. The van der Waals surface area contributed by atoms with Crippen LogP contribution in [0.1, 0.15) is 96.8 Å². The summed E-state index contributed by atoms with van der Waals surface area (Å²) in [5, 5.41) is 0.611. The summed E-state index contributed by atoms with van der Waals surface area (Å²) in [5.74, 6) is 0. The normalized spacial score (nSPS) is 25.7. The Morgan fingerprint density at radius 1 is 0.529 bits per heavy atom. The molecule has 1 fully saturated rings. The van der Waals surface area contributed by atoms with Gasteiger partial charge in [-0.25, -0.2) is 0 Å². The van der Waals surface area contributed by atoms with Crippen molar-refractivity contribution in [1.29, 1.82) is 0 Å². The smallest absolute Gasteiger partial charge is 0.0669 e. The van der Waals surface area contributed by atoms with Gasteiger partial charge in [0, 0.05) is 0 Å². The molecule has 1 heteroatoms. The Labute approximate surface area is 110 Å². The van der Waals surface area contributed by atoms with Crippen LogP contribution >= 0.6 is 0 Å². The second-order valence-electron chi connectivity index (χ2n) is 6.91. The molecule has 0 saturated heterocycles. The molecule has 1 aliphatic rings. The molecule has 0 amide bonds. The summed E-state index contributed by atoms with van der Waals surface area (Å²) < 4.78 is 0. The zero-order valence-corrected chi connectivity index (χ0v) is 12.4. The predicted octanol–water partition coefficient (Wildman–Crippen LogP) is 5.27. The Kier molecular flexibility index (Phi) is 8.06. The fourth-order valence-electron chi connectivity index (χ4n) is 3.10.